The van der Waals surface area contributed by atoms with Crippen LogP contribution in [0, 0.1) is 5.92 Å². The van der Waals surface area contributed by atoms with Crippen molar-refractivity contribution in [2.75, 3.05) is 0 Å². The quantitative estimate of drug-likeness (QED) is 0.623. The van der Waals surface area contributed by atoms with Crippen LogP contribution >= 0.6 is 11.3 Å². The SMILES string of the molecule is CC(C)C(N)=Nc1ccc2ncsc2c1. The minimum absolute atomic E-state index is 0.280. The van der Waals surface area contributed by atoms with Gasteiger partial charge in [0.25, 0.3) is 0 Å². The number of nitrogens with zero attached hydrogens (tertiary/aromatic N) is 2. The van der Waals surface area contributed by atoms with E-state index in [0.717, 1.165) is 15.9 Å². The van der Waals surface area contributed by atoms with Crippen LogP contribution in [0.1, 0.15) is 13.8 Å². The van der Waals surface area contributed by atoms with E-state index in [-0.39, 0.29) is 5.92 Å². The van der Waals surface area contributed by atoms with E-state index in [1.54, 1.807) is 11.3 Å². The second-order valence-corrected chi connectivity index (χ2v) is 4.58. The Bertz CT molecular complexity index is 499. The van der Waals surface area contributed by atoms with Crippen molar-refractivity contribution in [3.63, 3.8) is 0 Å². The molecule has 2 rings (SSSR count). The minimum atomic E-state index is 0.280. The first-order valence-corrected chi connectivity index (χ1v) is 5.72. The standard InChI is InChI=1S/C11H13N3S/c1-7(2)11(12)14-8-3-4-9-10(5-8)15-6-13-9/h3-7H,1-2H3,(H2,12,14). The van der Waals surface area contributed by atoms with Gasteiger partial charge in [0.1, 0.15) is 5.84 Å². The Kier molecular flexibility index (Phi) is 2.68. The number of thiazole rings is 1. The van der Waals surface area contributed by atoms with Gasteiger partial charge in [-0.25, -0.2) is 9.98 Å². The first kappa shape index (κ1) is 10.1. The number of fused-ring (bicyclic) bond motifs is 1. The highest BCUT2D eigenvalue weighted by Crippen LogP contribution is 2.23. The predicted octanol–water partition coefficient (Wildman–Crippen LogP) is 2.94. The third-order valence-electron chi connectivity index (χ3n) is 2.16. The van der Waals surface area contributed by atoms with Crippen LogP contribution in [-0.4, -0.2) is 10.8 Å². The highest BCUT2D eigenvalue weighted by atomic mass is 32.1. The molecule has 3 nitrogen and oxygen atoms in total. The van der Waals surface area contributed by atoms with Crippen LogP contribution in [0.2, 0.25) is 0 Å². The van der Waals surface area contributed by atoms with E-state index in [0.29, 0.717) is 5.84 Å². The Balaban J connectivity index is 2.40. The molecule has 1 aromatic heterocycles. The zero-order valence-corrected chi connectivity index (χ0v) is 9.58. The Labute approximate surface area is 92.7 Å². The summed E-state index contributed by atoms with van der Waals surface area (Å²) in [6, 6.07) is 5.93. The van der Waals surface area contributed by atoms with Crippen LogP contribution in [-0.2, 0) is 0 Å². The second kappa shape index (κ2) is 3.98. The van der Waals surface area contributed by atoms with E-state index in [2.05, 4.69) is 9.98 Å². The molecule has 0 unspecified atom stereocenters. The average Bonchev–Trinajstić information content (AvgIpc) is 2.64. The lowest BCUT2D eigenvalue weighted by atomic mass is 10.2. The maximum Gasteiger partial charge on any atom is 0.102 e. The topological polar surface area (TPSA) is 51.3 Å². The van der Waals surface area contributed by atoms with Gasteiger partial charge in [-0.3, -0.25) is 0 Å². The summed E-state index contributed by atoms with van der Waals surface area (Å²) < 4.78 is 1.15. The third-order valence-corrected chi connectivity index (χ3v) is 2.96. The predicted molar refractivity (Wildman–Crippen MR) is 65.7 cm³/mol. The number of amidine groups is 1. The van der Waals surface area contributed by atoms with Crippen molar-refractivity contribution in [2.24, 2.45) is 16.6 Å². The first-order chi connectivity index (χ1) is 7.16. The van der Waals surface area contributed by atoms with Crippen molar-refractivity contribution in [3.05, 3.63) is 23.7 Å². The van der Waals surface area contributed by atoms with Crippen molar-refractivity contribution in [1.29, 1.82) is 0 Å². The minimum Gasteiger partial charge on any atom is -0.387 e. The monoisotopic (exact) mass is 219 g/mol. The van der Waals surface area contributed by atoms with Gasteiger partial charge < -0.3 is 5.73 Å². The van der Waals surface area contributed by atoms with Gasteiger partial charge in [0.05, 0.1) is 21.4 Å². The van der Waals surface area contributed by atoms with Crippen molar-refractivity contribution in [1.82, 2.24) is 4.98 Å². The van der Waals surface area contributed by atoms with Crippen LogP contribution in [0.3, 0.4) is 0 Å². The fourth-order valence-corrected chi connectivity index (χ4v) is 1.90. The van der Waals surface area contributed by atoms with E-state index in [4.69, 9.17) is 5.73 Å². The lowest BCUT2D eigenvalue weighted by Gasteiger charge is -2.03. The molecule has 0 atom stereocenters. The number of aromatic nitrogens is 1. The van der Waals surface area contributed by atoms with Crippen LogP contribution in [0.4, 0.5) is 5.69 Å². The Morgan fingerprint density at radius 2 is 2.27 bits per heavy atom. The number of hydrogen-bond donors (Lipinski definition) is 1. The molecule has 0 spiro atoms. The third kappa shape index (κ3) is 2.15. The lowest BCUT2D eigenvalue weighted by Crippen LogP contribution is -2.17. The number of aliphatic imine (C=N–C) groups is 1. The molecule has 0 fully saturated rings. The summed E-state index contributed by atoms with van der Waals surface area (Å²) in [5, 5.41) is 0. The van der Waals surface area contributed by atoms with Crippen molar-refractivity contribution < 1.29 is 0 Å². The van der Waals surface area contributed by atoms with Crippen LogP contribution in [0.5, 0.6) is 0 Å². The largest absolute Gasteiger partial charge is 0.387 e. The van der Waals surface area contributed by atoms with E-state index < -0.39 is 0 Å². The van der Waals surface area contributed by atoms with Gasteiger partial charge in [-0.05, 0) is 18.2 Å². The van der Waals surface area contributed by atoms with Crippen molar-refractivity contribution >= 4 is 33.1 Å². The molecule has 1 aromatic carbocycles. The number of rotatable bonds is 2. The van der Waals surface area contributed by atoms with Crippen molar-refractivity contribution in [3.8, 4) is 0 Å². The summed E-state index contributed by atoms with van der Waals surface area (Å²) in [6.45, 7) is 4.06. The Hall–Kier alpha value is -1.42. The molecule has 2 aromatic rings. The maximum atomic E-state index is 5.81. The molecule has 0 aliphatic carbocycles. The van der Waals surface area contributed by atoms with E-state index in [1.807, 2.05) is 37.6 Å². The molecule has 0 bridgehead atoms. The van der Waals surface area contributed by atoms with Crippen LogP contribution in [0.25, 0.3) is 10.2 Å². The van der Waals surface area contributed by atoms with Gasteiger partial charge in [-0.2, -0.15) is 0 Å². The van der Waals surface area contributed by atoms with Gasteiger partial charge in [0.15, 0.2) is 0 Å². The molecule has 1 heterocycles. The van der Waals surface area contributed by atoms with Gasteiger partial charge in [-0.15, -0.1) is 11.3 Å². The summed E-state index contributed by atoms with van der Waals surface area (Å²) in [7, 11) is 0. The summed E-state index contributed by atoms with van der Waals surface area (Å²) in [4.78, 5) is 8.57. The van der Waals surface area contributed by atoms with E-state index in [1.165, 1.54) is 0 Å². The lowest BCUT2D eigenvalue weighted by molar-refractivity contribution is 0.873. The van der Waals surface area contributed by atoms with Gasteiger partial charge in [0, 0.05) is 5.92 Å². The molecular weight excluding hydrogens is 206 g/mol. The highest BCUT2D eigenvalue weighted by molar-refractivity contribution is 7.16. The molecular formula is C11H13N3S. The number of benzene rings is 1. The summed E-state index contributed by atoms with van der Waals surface area (Å²) in [5.41, 5.74) is 9.56. The van der Waals surface area contributed by atoms with Gasteiger partial charge in [0.2, 0.25) is 0 Å². The maximum absolute atomic E-state index is 5.81. The van der Waals surface area contributed by atoms with E-state index in [9.17, 15) is 0 Å². The van der Waals surface area contributed by atoms with Gasteiger partial charge >= 0.3 is 0 Å². The molecule has 0 saturated carbocycles. The fraction of sp³-hybridized carbons (Fsp3) is 0.273. The fourth-order valence-electron chi connectivity index (χ4n) is 1.19. The molecule has 0 saturated heterocycles. The Morgan fingerprint density at radius 1 is 1.47 bits per heavy atom. The summed E-state index contributed by atoms with van der Waals surface area (Å²) >= 11 is 1.62. The molecule has 2 N–H and O–H groups in total. The summed E-state index contributed by atoms with van der Waals surface area (Å²) in [5.74, 6) is 0.945. The molecule has 0 radical (unpaired) electrons. The van der Waals surface area contributed by atoms with Crippen LogP contribution < -0.4 is 5.73 Å². The smallest absolute Gasteiger partial charge is 0.102 e. The molecule has 0 amide bonds. The number of nitrogens with two attached hydrogens (primary N) is 1. The zero-order chi connectivity index (χ0) is 10.8. The molecule has 78 valence electrons. The molecule has 4 heteroatoms. The first-order valence-electron chi connectivity index (χ1n) is 4.84. The molecule has 0 aliphatic heterocycles. The second-order valence-electron chi connectivity index (χ2n) is 3.70. The average molecular weight is 219 g/mol. The normalized spacial score (nSPS) is 12.6. The van der Waals surface area contributed by atoms with E-state index >= 15 is 0 Å². The van der Waals surface area contributed by atoms with Gasteiger partial charge in [-0.1, -0.05) is 13.8 Å². The molecule has 0 aliphatic rings. The van der Waals surface area contributed by atoms with Crippen molar-refractivity contribution in [2.45, 2.75) is 13.8 Å². The number of hydrogen-bond acceptors (Lipinski definition) is 3. The highest BCUT2D eigenvalue weighted by Gasteiger charge is 2.01. The zero-order valence-electron chi connectivity index (χ0n) is 8.77. The Morgan fingerprint density at radius 3 is 3.00 bits per heavy atom. The summed E-state index contributed by atoms with van der Waals surface area (Å²) in [6.07, 6.45) is 0. The molecule has 15 heavy (non-hydrogen) atoms. The van der Waals surface area contributed by atoms with Crippen LogP contribution in [0.15, 0.2) is 28.7 Å².